The van der Waals surface area contributed by atoms with Crippen LogP contribution < -0.4 is 0 Å². The van der Waals surface area contributed by atoms with Crippen molar-refractivity contribution in [1.82, 2.24) is 0 Å². The molecule has 1 nitrogen and oxygen atoms in total. The molecule has 1 fully saturated rings. The molecule has 1 aliphatic rings. The largest absolute Gasteiger partial charge is 0.370 e. The van der Waals surface area contributed by atoms with Gasteiger partial charge in [0.15, 0.2) is 0 Å². The Balaban J connectivity index is 2.43. The maximum absolute atomic E-state index is 5.62. The van der Waals surface area contributed by atoms with Gasteiger partial charge < -0.3 is 4.74 Å². The van der Waals surface area contributed by atoms with Crippen LogP contribution in [0.2, 0.25) is 0 Å². The summed E-state index contributed by atoms with van der Waals surface area (Å²) in [4.78, 5) is 0. The van der Waals surface area contributed by atoms with Crippen LogP contribution in [-0.4, -0.2) is 6.61 Å². The van der Waals surface area contributed by atoms with E-state index in [1.54, 1.807) is 0 Å². The standard InChI is InChI=1S/C11H13BrO/c1-8-3-4-9(12)7-10(8)11(2)5-6-13-11/h3-4,7H,5-6H2,1-2H3. The van der Waals surface area contributed by atoms with Crippen molar-refractivity contribution in [2.24, 2.45) is 0 Å². The predicted octanol–water partition coefficient (Wildman–Crippen LogP) is 3.39. The van der Waals surface area contributed by atoms with Gasteiger partial charge in [-0.05, 0) is 37.1 Å². The summed E-state index contributed by atoms with van der Waals surface area (Å²) in [6.07, 6.45) is 1.13. The highest BCUT2D eigenvalue weighted by Gasteiger charge is 2.36. The van der Waals surface area contributed by atoms with Crippen LogP contribution in [0.1, 0.15) is 24.5 Å². The number of hydrogen-bond donors (Lipinski definition) is 0. The van der Waals surface area contributed by atoms with Gasteiger partial charge in [-0.15, -0.1) is 0 Å². The Morgan fingerprint density at radius 3 is 2.69 bits per heavy atom. The molecule has 70 valence electrons. The average Bonchev–Trinajstić information content (AvgIpc) is 2.05. The minimum absolute atomic E-state index is 0.0339. The topological polar surface area (TPSA) is 9.23 Å². The van der Waals surface area contributed by atoms with Crippen LogP contribution in [0.15, 0.2) is 22.7 Å². The Kier molecular flexibility index (Phi) is 2.20. The smallest absolute Gasteiger partial charge is 0.0928 e. The molecule has 0 aromatic heterocycles. The molecule has 1 heterocycles. The van der Waals surface area contributed by atoms with Crippen LogP contribution in [0.3, 0.4) is 0 Å². The van der Waals surface area contributed by atoms with Crippen LogP contribution in [0.4, 0.5) is 0 Å². The Labute approximate surface area is 87.2 Å². The van der Waals surface area contributed by atoms with Crippen LogP contribution in [0, 0.1) is 6.92 Å². The monoisotopic (exact) mass is 240 g/mol. The highest BCUT2D eigenvalue weighted by Crippen LogP contribution is 2.39. The second-order valence-electron chi connectivity index (χ2n) is 3.79. The molecule has 0 spiro atoms. The Bertz CT molecular complexity index is 329. The zero-order valence-corrected chi connectivity index (χ0v) is 9.52. The van der Waals surface area contributed by atoms with Crippen LogP contribution in [0.5, 0.6) is 0 Å². The van der Waals surface area contributed by atoms with Crippen molar-refractivity contribution in [3.63, 3.8) is 0 Å². The van der Waals surface area contributed by atoms with Gasteiger partial charge in [0.25, 0.3) is 0 Å². The van der Waals surface area contributed by atoms with Gasteiger partial charge in [0, 0.05) is 10.9 Å². The first-order valence-electron chi connectivity index (χ1n) is 4.52. The van der Waals surface area contributed by atoms with Gasteiger partial charge in [-0.25, -0.2) is 0 Å². The van der Waals surface area contributed by atoms with E-state index >= 15 is 0 Å². The third-order valence-corrected chi connectivity index (χ3v) is 3.26. The molecule has 2 rings (SSSR count). The number of halogens is 1. The lowest BCUT2D eigenvalue weighted by molar-refractivity contribution is -0.141. The van der Waals surface area contributed by atoms with Crippen molar-refractivity contribution in [2.45, 2.75) is 25.9 Å². The van der Waals surface area contributed by atoms with Crippen molar-refractivity contribution in [2.75, 3.05) is 6.61 Å². The van der Waals surface area contributed by atoms with E-state index in [9.17, 15) is 0 Å². The lowest BCUT2D eigenvalue weighted by atomic mass is 9.86. The van der Waals surface area contributed by atoms with Gasteiger partial charge in [-0.3, -0.25) is 0 Å². The average molecular weight is 241 g/mol. The zero-order chi connectivity index (χ0) is 9.47. The van der Waals surface area contributed by atoms with E-state index in [1.807, 2.05) is 0 Å². The number of benzene rings is 1. The van der Waals surface area contributed by atoms with Gasteiger partial charge in [0.1, 0.15) is 0 Å². The molecule has 1 atom stereocenters. The molecule has 1 saturated heterocycles. The van der Waals surface area contributed by atoms with Gasteiger partial charge in [-0.1, -0.05) is 22.0 Å². The summed E-state index contributed by atoms with van der Waals surface area (Å²) in [5.41, 5.74) is 2.59. The molecule has 1 aromatic rings. The van der Waals surface area contributed by atoms with Gasteiger partial charge >= 0.3 is 0 Å². The molecule has 0 N–H and O–H groups in total. The molecule has 0 amide bonds. The highest BCUT2D eigenvalue weighted by atomic mass is 79.9. The van der Waals surface area contributed by atoms with Crippen LogP contribution in [0.25, 0.3) is 0 Å². The van der Waals surface area contributed by atoms with E-state index in [4.69, 9.17) is 4.74 Å². The third-order valence-electron chi connectivity index (χ3n) is 2.77. The van der Waals surface area contributed by atoms with Gasteiger partial charge in [0.05, 0.1) is 12.2 Å². The predicted molar refractivity (Wildman–Crippen MR) is 56.8 cm³/mol. The molecule has 1 unspecified atom stereocenters. The van der Waals surface area contributed by atoms with Crippen molar-refractivity contribution in [1.29, 1.82) is 0 Å². The Morgan fingerprint density at radius 1 is 1.46 bits per heavy atom. The van der Waals surface area contributed by atoms with Crippen molar-refractivity contribution in [3.05, 3.63) is 33.8 Å². The fourth-order valence-electron chi connectivity index (χ4n) is 1.78. The molecule has 2 heteroatoms. The molecule has 13 heavy (non-hydrogen) atoms. The lowest BCUT2D eigenvalue weighted by Crippen LogP contribution is -2.38. The summed E-state index contributed by atoms with van der Waals surface area (Å²) < 4.78 is 6.75. The van der Waals surface area contributed by atoms with E-state index in [0.29, 0.717) is 0 Å². The Hall–Kier alpha value is -0.340. The fourth-order valence-corrected chi connectivity index (χ4v) is 2.15. The molecule has 1 aromatic carbocycles. The first kappa shape index (κ1) is 9.22. The van der Waals surface area contributed by atoms with Crippen LogP contribution >= 0.6 is 15.9 Å². The molecular formula is C11H13BrO. The van der Waals surface area contributed by atoms with E-state index in [2.05, 4.69) is 48.0 Å². The van der Waals surface area contributed by atoms with Crippen LogP contribution in [-0.2, 0) is 10.3 Å². The summed E-state index contributed by atoms with van der Waals surface area (Å²) >= 11 is 3.49. The van der Waals surface area contributed by atoms with Crippen molar-refractivity contribution < 1.29 is 4.74 Å². The van der Waals surface area contributed by atoms with E-state index in [1.165, 1.54) is 11.1 Å². The summed E-state index contributed by atoms with van der Waals surface area (Å²) in [5.74, 6) is 0. The molecule has 0 radical (unpaired) electrons. The highest BCUT2D eigenvalue weighted by molar-refractivity contribution is 9.10. The number of ether oxygens (including phenoxy) is 1. The first-order chi connectivity index (χ1) is 6.12. The maximum Gasteiger partial charge on any atom is 0.0928 e. The van der Waals surface area contributed by atoms with Gasteiger partial charge in [-0.2, -0.15) is 0 Å². The van der Waals surface area contributed by atoms with E-state index in [-0.39, 0.29) is 5.60 Å². The SMILES string of the molecule is Cc1ccc(Br)cc1C1(C)CCO1. The second kappa shape index (κ2) is 3.10. The summed E-state index contributed by atoms with van der Waals surface area (Å²) in [5, 5.41) is 0. The van der Waals surface area contributed by atoms with E-state index < -0.39 is 0 Å². The number of aryl methyl sites for hydroxylation is 1. The minimum Gasteiger partial charge on any atom is -0.370 e. The maximum atomic E-state index is 5.62. The quantitative estimate of drug-likeness (QED) is 0.732. The summed E-state index contributed by atoms with van der Waals surface area (Å²) in [7, 11) is 0. The summed E-state index contributed by atoms with van der Waals surface area (Å²) in [6, 6.07) is 6.36. The molecule has 1 aliphatic heterocycles. The Morgan fingerprint density at radius 2 is 2.15 bits per heavy atom. The first-order valence-corrected chi connectivity index (χ1v) is 5.32. The van der Waals surface area contributed by atoms with Gasteiger partial charge in [0.2, 0.25) is 0 Å². The molecule has 0 bridgehead atoms. The molecular weight excluding hydrogens is 228 g/mol. The summed E-state index contributed by atoms with van der Waals surface area (Å²) in [6.45, 7) is 5.18. The molecule has 0 aliphatic carbocycles. The molecule has 0 saturated carbocycles. The number of hydrogen-bond acceptors (Lipinski definition) is 1. The normalized spacial score (nSPS) is 27.0. The van der Waals surface area contributed by atoms with Crippen molar-refractivity contribution in [3.8, 4) is 0 Å². The number of rotatable bonds is 1. The van der Waals surface area contributed by atoms with E-state index in [0.717, 1.165) is 17.5 Å². The lowest BCUT2D eigenvalue weighted by Gasteiger charge is -2.40. The minimum atomic E-state index is -0.0339. The third kappa shape index (κ3) is 1.53. The fraction of sp³-hybridized carbons (Fsp3) is 0.455. The second-order valence-corrected chi connectivity index (χ2v) is 4.70. The zero-order valence-electron chi connectivity index (χ0n) is 7.93. The van der Waals surface area contributed by atoms with Crippen molar-refractivity contribution >= 4 is 15.9 Å².